The molecular weight excluding hydrogens is 362 g/mol. The zero-order valence-corrected chi connectivity index (χ0v) is 15.7. The van der Waals surface area contributed by atoms with E-state index < -0.39 is 5.76 Å². The summed E-state index contributed by atoms with van der Waals surface area (Å²) < 4.78 is 17.8. The maximum Gasteiger partial charge on any atom is 0.419 e. The minimum Gasteiger partial charge on any atom is -0.493 e. The lowest BCUT2D eigenvalue weighted by atomic mass is 10.1. The van der Waals surface area contributed by atoms with Crippen LogP contribution in [0.25, 0.3) is 11.1 Å². The van der Waals surface area contributed by atoms with E-state index >= 15 is 0 Å². The number of nitrogens with one attached hydrogen (secondary N) is 1. The number of anilines is 1. The molecule has 28 heavy (non-hydrogen) atoms. The second-order valence-corrected chi connectivity index (χ2v) is 6.61. The molecule has 0 saturated heterocycles. The van der Waals surface area contributed by atoms with Gasteiger partial charge < -0.3 is 24.1 Å². The predicted molar refractivity (Wildman–Crippen MR) is 104 cm³/mol. The number of para-hydroxylation sites is 1. The standard InChI is InChI=1S/C20H21N3O5/c1-22-15-8-7-14(11-17(15)28-20(22)25)21-19(24)23-9-4-10-27-18-13(12-23)5-3-6-16(18)26-2/h3,5-8,11H,4,9-10,12H2,1-2H3,(H,21,24). The number of carbonyl (C=O) groups is 1. The molecule has 2 heterocycles. The van der Waals surface area contributed by atoms with Crippen molar-refractivity contribution in [3.8, 4) is 11.5 Å². The third kappa shape index (κ3) is 3.28. The van der Waals surface area contributed by atoms with Crippen molar-refractivity contribution in [2.24, 2.45) is 7.05 Å². The Morgan fingerprint density at radius 1 is 1.25 bits per heavy atom. The Bertz CT molecular complexity index is 1090. The summed E-state index contributed by atoms with van der Waals surface area (Å²) in [6.45, 7) is 1.46. The number of hydrogen-bond donors (Lipinski definition) is 1. The molecule has 0 spiro atoms. The van der Waals surface area contributed by atoms with Gasteiger partial charge in [-0.25, -0.2) is 9.59 Å². The molecule has 0 radical (unpaired) electrons. The van der Waals surface area contributed by atoms with Crippen molar-refractivity contribution in [1.82, 2.24) is 9.47 Å². The SMILES string of the molecule is COc1cccc2c1OCCCN(C(=O)Nc1ccc3c(c1)oc(=O)n3C)C2. The molecule has 8 nitrogen and oxygen atoms in total. The van der Waals surface area contributed by atoms with E-state index in [9.17, 15) is 9.59 Å². The molecular formula is C20H21N3O5. The van der Waals surface area contributed by atoms with Gasteiger partial charge in [0.25, 0.3) is 0 Å². The van der Waals surface area contributed by atoms with Crippen LogP contribution in [0, 0.1) is 0 Å². The maximum absolute atomic E-state index is 12.9. The topological polar surface area (TPSA) is 85.9 Å². The monoisotopic (exact) mass is 383 g/mol. The lowest BCUT2D eigenvalue weighted by molar-refractivity contribution is 0.191. The quantitative estimate of drug-likeness (QED) is 0.735. The van der Waals surface area contributed by atoms with Gasteiger partial charge in [-0.3, -0.25) is 4.57 Å². The van der Waals surface area contributed by atoms with E-state index in [2.05, 4.69) is 5.32 Å². The third-order valence-electron chi connectivity index (χ3n) is 4.79. The molecule has 1 aliphatic rings. The number of carbonyl (C=O) groups excluding carboxylic acids is 1. The van der Waals surface area contributed by atoms with Gasteiger partial charge in [-0.2, -0.15) is 0 Å². The van der Waals surface area contributed by atoms with Crippen molar-refractivity contribution >= 4 is 22.8 Å². The number of fused-ring (bicyclic) bond motifs is 2. The number of hydrogen-bond acceptors (Lipinski definition) is 5. The van der Waals surface area contributed by atoms with Gasteiger partial charge in [-0.1, -0.05) is 12.1 Å². The second-order valence-electron chi connectivity index (χ2n) is 6.61. The highest BCUT2D eigenvalue weighted by atomic mass is 16.5. The number of aromatic nitrogens is 1. The molecule has 0 fully saturated rings. The van der Waals surface area contributed by atoms with Crippen molar-refractivity contribution in [2.45, 2.75) is 13.0 Å². The zero-order valence-electron chi connectivity index (χ0n) is 15.7. The van der Waals surface area contributed by atoms with E-state index in [1.165, 1.54) is 4.57 Å². The van der Waals surface area contributed by atoms with Crippen LogP contribution in [-0.4, -0.2) is 35.8 Å². The first-order valence-electron chi connectivity index (χ1n) is 9.01. The first kappa shape index (κ1) is 18.0. The number of aryl methyl sites for hydroxylation is 1. The normalized spacial score (nSPS) is 14.0. The van der Waals surface area contributed by atoms with Gasteiger partial charge in [0.15, 0.2) is 17.1 Å². The smallest absolute Gasteiger partial charge is 0.419 e. The molecule has 1 N–H and O–H groups in total. The number of methoxy groups -OCH3 is 1. The molecule has 1 aromatic heterocycles. The van der Waals surface area contributed by atoms with Crippen molar-refractivity contribution in [2.75, 3.05) is 25.6 Å². The van der Waals surface area contributed by atoms with E-state index in [4.69, 9.17) is 13.9 Å². The fourth-order valence-corrected chi connectivity index (χ4v) is 3.31. The summed E-state index contributed by atoms with van der Waals surface area (Å²) in [7, 11) is 3.24. The predicted octanol–water partition coefficient (Wildman–Crippen LogP) is 2.96. The lowest BCUT2D eigenvalue weighted by Gasteiger charge is -2.27. The van der Waals surface area contributed by atoms with E-state index in [-0.39, 0.29) is 6.03 Å². The van der Waals surface area contributed by atoms with Gasteiger partial charge in [-0.15, -0.1) is 0 Å². The fourth-order valence-electron chi connectivity index (χ4n) is 3.31. The molecule has 0 aliphatic carbocycles. The molecule has 0 unspecified atom stereocenters. The van der Waals surface area contributed by atoms with Gasteiger partial charge in [-0.05, 0) is 24.6 Å². The summed E-state index contributed by atoms with van der Waals surface area (Å²) in [6, 6.07) is 10.6. The summed E-state index contributed by atoms with van der Waals surface area (Å²) in [5.74, 6) is 0.895. The van der Waals surface area contributed by atoms with Gasteiger partial charge in [0.1, 0.15) is 0 Å². The van der Waals surface area contributed by atoms with E-state index in [0.717, 1.165) is 5.56 Å². The molecule has 4 rings (SSSR count). The number of amides is 2. The zero-order chi connectivity index (χ0) is 19.7. The molecule has 146 valence electrons. The summed E-state index contributed by atoms with van der Waals surface area (Å²) in [4.78, 5) is 26.2. The third-order valence-corrected chi connectivity index (χ3v) is 4.79. The van der Waals surface area contributed by atoms with Crippen LogP contribution in [0.2, 0.25) is 0 Å². The van der Waals surface area contributed by atoms with E-state index in [0.29, 0.717) is 54.4 Å². The van der Waals surface area contributed by atoms with E-state index in [1.807, 2.05) is 18.2 Å². The fraction of sp³-hybridized carbons (Fsp3) is 0.300. The Kier molecular flexibility index (Phi) is 4.68. The van der Waals surface area contributed by atoms with Crippen LogP contribution in [-0.2, 0) is 13.6 Å². The highest BCUT2D eigenvalue weighted by molar-refractivity contribution is 5.91. The number of urea groups is 1. The molecule has 2 aromatic carbocycles. The second kappa shape index (κ2) is 7.30. The Balaban J connectivity index is 1.56. The molecule has 0 saturated carbocycles. The Hall–Kier alpha value is -3.42. The van der Waals surface area contributed by atoms with E-state index in [1.54, 1.807) is 37.3 Å². The number of nitrogens with zero attached hydrogens (tertiary/aromatic N) is 2. The number of benzene rings is 2. The highest BCUT2D eigenvalue weighted by Crippen LogP contribution is 2.33. The lowest BCUT2D eigenvalue weighted by Crippen LogP contribution is -2.37. The molecule has 3 aromatic rings. The van der Waals surface area contributed by atoms with Crippen LogP contribution in [0.4, 0.5) is 10.5 Å². The van der Waals surface area contributed by atoms with Crippen LogP contribution in [0.1, 0.15) is 12.0 Å². The average molecular weight is 383 g/mol. The summed E-state index contributed by atoms with van der Waals surface area (Å²) in [6.07, 6.45) is 0.706. The summed E-state index contributed by atoms with van der Waals surface area (Å²) >= 11 is 0. The van der Waals surface area contributed by atoms with Gasteiger partial charge in [0.2, 0.25) is 0 Å². The first-order chi connectivity index (χ1) is 13.6. The molecule has 0 atom stereocenters. The Morgan fingerprint density at radius 2 is 2.11 bits per heavy atom. The van der Waals surface area contributed by atoms with Crippen LogP contribution in [0.15, 0.2) is 45.6 Å². The van der Waals surface area contributed by atoms with Gasteiger partial charge >= 0.3 is 11.8 Å². The number of rotatable bonds is 2. The molecule has 0 bridgehead atoms. The Morgan fingerprint density at radius 3 is 2.93 bits per heavy atom. The van der Waals surface area contributed by atoms with Crippen molar-refractivity contribution < 1.29 is 18.7 Å². The van der Waals surface area contributed by atoms with Crippen LogP contribution in [0.5, 0.6) is 11.5 Å². The maximum atomic E-state index is 12.9. The summed E-state index contributed by atoms with van der Waals surface area (Å²) in [5, 5.41) is 2.88. The minimum absolute atomic E-state index is 0.228. The van der Waals surface area contributed by atoms with Gasteiger partial charge in [0, 0.05) is 30.9 Å². The first-order valence-corrected chi connectivity index (χ1v) is 9.01. The number of ether oxygens (including phenoxy) is 2. The van der Waals surface area contributed by atoms with Crippen molar-refractivity contribution in [1.29, 1.82) is 0 Å². The summed E-state index contributed by atoms with van der Waals surface area (Å²) in [5.41, 5.74) is 2.56. The van der Waals surface area contributed by atoms with Crippen molar-refractivity contribution in [3.63, 3.8) is 0 Å². The van der Waals surface area contributed by atoms with Crippen LogP contribution >= 0.6 is 0 Å². The van der Waals surface area contributed by atoms with Crippen LogP contribution in [0.3, 0.4) is 0 Å². The Labute approximate surface area is 161 Å². The highest BCUT2D eigenvalue weighted by Gasteiger charge is 2.21. The minimum atomic E-state index is -0.437. The van der Waals surface area contributed by atoms with Crippen LogP contribution < -0.4 is 20.5 Å². The van der Waals surface area contributed by atoms with Crippen molar-refractivity contribution in [3.05, 3.63) is 52.5 Å². The largest absolute Gasteiger partial charge is 0.493 e. The molecule has 1 aliphatic heterocycles. The van der Waals surface area contributed by atoms with Gasteiger partial charge in [0.05, 0.1) is 25.8 Å². The molecule has 2 amide bonds. The average Bonchev–Trinajstić information content (AvgIpc) is 2.95. The molecule has 8 heteroatoms. The number of oxazole rings is 1.